The second-order valence-electron chi connectivity index (χ2n) is 4.89. The molecule has 1 fully saturated rings. The highest BCUT2D eigenvalue weighted by atomic mass is 16.2. The van der Waals surface area contributed by atoms with Crippen LogP contribution < -0.4 is 11.1 Å². The predicted octanol–water partition coefficient (Wildman–Crippen LogP) is 0.348. The number of aromatic nitrogens is 1. The summed E-state index contributed by atoms with van der Waals surface area (Å²) < 4.78 is 1.70. The van der Waals surface area contributed by atoms with E-state index in [2.05, 4.69) is 5.32 Å². The fourth-order valence-electron chi connectivity index (χ4n) is 2.56. The van der Waals surface area contributed by atoms with Crippen molar-refractivity contribution in [3.05, 3.63) is 18.0 Å². The van der Waals surface area contributed by atoms with Crippen LogP contribution in [0.4, 0.5) is 5.69 Å². The van der Waals surface area contributed by atoms with E-state index in [1.807, 2.05) is 0 Å². The smallest absolute Gasteiger partial charge is 0.271 e. The van der Waals surface area contributed by atoms with Crippen LogP contribution in [0.5, 0.6) is 0 Å². The quantitative estimate of drug-likeness (QED) is 0.808. The number of likely N-dealkylation sites (N-methyl/N-ethyl adjacent to an activating group) is 1. The minimum atomic E-state index is -0.373. The molecule has 0 saturated carbocycles. The Balaban J connectivity index is 2.25. The Hall–Kier alpha value is -1.98. The first kappa shape index (κ1) is 13.5. The number of nitrogens with one attached hydrogen (secondary N) is 1. The van der Waals surface area contributed by atoms with Gasteiger partial charge < -0.3 is 20.5 Å². The van der Waals surface area contributed by atoms with Crippen LogP contribution in [-0.2, 0) is 11.8 Å². The lowest BCUT2D eigenvalue weighted by Crippen LogP contribution is -2.51. The van der Waals surface area contributed by atoms with Crippen LogP contribution in [-0.4, -0.2) is 40.9 Å². The summed E-state index contributed by atoms with van der Waals surface area (Å²) in [5.41, 5.74) is 6.77. The molecule has 1 aromatic heterocycles. The third-order valence-electron chi connectivity index (χ3n) is 3.56. The molecule has 1 unspecified atom stereocenters. The first-order chi connectivity index (χ1) is 9.04. The molecule has 2 heterocycles. The molecule has 0 spiro atoms. The summed E-state index contributed by atoms with van der Waals surface area (Å²) in [5.74, 6) is -0.234. The highest BCUT2D eigenvalue weighted by molar-refractivity contribution is 5.97. The Morgan fingerprint density at radius 1 is 1.42 bits per heavy atom. The van der Waals surface area contributed by atoms with Crippen molar-refractivity contribution in [2.75, 3.05) is 19.3 Å². The molecule has 0 aliphatic carbocycles. The minimum Gasteiger partial charge on any atom is -0.397 e. The molecule has 1 saturated heterocycles. The summed E-state index contributed by atoms with van der Waals surface area (Å²) in [4.78, 5) is 26.1. The van der Waals surface area contributed by atoms with E-state index >= 15 is 0 Å². The van der Waals surface area contributed by atoms with Gasteiger partial charge in [-0.2, -0.15) is 0 Å². The zero-order valence-corrected chi connectivity index (χ0v) is 11.3. The minimum absolute atomic E-state index is 0.102. The van der Waals surface area contributed by atoms with E-state index in [9.17, 15) is 9.59 Å². The number of aryl methyl sites for hydroxylation is 1. The predicted molar refractivity (Wildman–Crippen MR) is 72.6 cm³/mol. The summed E-state index contributed by atoms with van der Waals surface area (Å²) in [5, 5.41) is 2.63. The van der Waals surface area contributed by atoms with Crippen LogP contribution in [0, 0.1) is 0 Å². The van der Waals surface area contributed by atoms with Crippen LogP contribution in [0.25, 0.3) is 0 Å². The zero-order chi connectivity index (χ0) is 14.0. The van der Waals surface area contributed by atoms with Gasteiger partial charge in [-0.15, -0.1) is 0 Å². The number of carbonyl (C=O) groups excluding carboxylic acids is 2. The highest BCUT2D eigenvalue weighted by Crippen LogP contribution is 2.21. The average Bonchev–Trinajstić information content (AvgIpc) is 2.76. The van der Waals surface area contributed by atoms with Gasteiger partial charge in [-0.05, 0) is 25.3 Å². The average molecular weight is 264 g/mol. The Kier molecular flexibility index (Phi) is 3.78. The molecule has 0 aromatic carbocycles. The van der Waals surface area contributed by atoms with Crippen molar-refractivity contribution in [3.63, 3.8) is 0 Å². The molecule has 1 atom stereocenters. The van der Waals surface area contributed by atoms with Crippen LogP contribution in [0.2, 0.25) is 0 Å². The number of piperidine rings is 1. The first-order valence-electron chi connectivity index (χ1n) is 6.49. The topological polar surface area (TPSA) is 80.4 Å². The van der Waals surface area contributed by atoms with Crippen molar-refractivity contribution in [1.82, 2.24) is 14.8 Å². The van der Waals surface area contributed by atoms with Gasteiger partial charge in [0.2, 0.25) is 5.91 Å². The standard InChI is InChI=1S/C13H20N4O2/c1-15-12(18)10-5-3-4-6-17(10)13(19)11-7-9(14)8-16(11)2/h7-8,10H,3-6,14H2,1-2H3,(H,15,18). The number of anilines is 1. The van der Waals surface area contributed by atoms with Gasteiger partial charge in [-0.1, -0.05) is 0 Å². The molecule has 104 valence electrons. The molecule has 6 heteroatoms. The molecule has 19 heavy (non-hydrogen) atoms. The van der Waals surface area contributed by atoms with Gasteiger partial charge in [0.25, 0.3) is 5.91 Å². The number of nitrogens with zero attached hydrogens (tertiary/aromatic N) is 2. The number of carbonyl (C=O) groups is 2. The number of nitrogens with two attached hydrogens (primary N) is 1. The van der Waals surface area contributed by atoms with E-state index in [4.69, 9.17) is 5.73 Å². The normalized spacial score (nSPS) is 19.3. The summed E-state index contributed by atoms with van der Waals surface area (Å²) >= 11 is 0. The second-order valence-corrected chi connectivity index (χ2v) is 4.89. The van der Waals surface area contributed by atoms with Gasteiger partial charge >= 0.3 is 0 Å². The van der Waals surface area contributed by atoms with Gasteiger partial charge in [0.15, 0.2) is 0 Å². The number of amides is 2. The Morgan fingerprint density at radius 2 is 2.16 bits per heavy atom. The Labute approximate surface area is 112 Å². The number of rotatable bonds is 2. The van der Waals surface area contributed by atoms with E-state index in [1.54, 1.807) is 35.8 Å². The maximum atomic E-state index is 12.5. The lowest BCUT2D eigenvalue weighted by Gasteiger charge is -2.34. The Bertz CT molecular complexity index is 495. The summed E-state index contributed by atoms with van der Waals surface area (Å²) in [6.07, 6.45) is 4.31. The molecule has 6 nitrogen and oxygen atoms in total. The molecule has 0 bridgehead atoms. The molecule has 1 aromatic rings. The monoisotopic (exact) mass is 264 g/mol. The van der Waals surface area contributed by atoms with Crippen molar-refractivity contribution in [2.24, 2.45) is 7.05 Å². The van der Waals surface area contributed by atoms with Gasteiger partial charge in [0, 0.05) is 26.8 Å². The SMILES string of the molecule is CNC(=O)C1CCCCN1C(=O)c1cc(N)cn1C. The van der Waals surface area contributed by atoms with E-state index in [-0.39, 0.29) is 17.9 Å². The van der Waals surface area contributed by atoms with Crippen LogP contribution in [0.1, 0.15) is 29.8 Å². The molecular formula is C13H20N4O2. The molecule has 2 amide bonds. The van der Waals surface area contributed by atoms with Crippen molar-refractivity contribution < 1.29 is 9.59 Å². The van der Waals surface area contributed by atoms with Gasteiger partial charge in [0.05, 0.1) is 5.69 Å². The third-order valence-corrected chi connectivity index (χ3v) is 3.56. The highest BCUT2D eigenvalue weighted by Gasteiger charge is 2.32. The van der Waals surface area contributed by atoms with E-state index in [0.717, 1.165) is 12.8 Å². The number of likely N-dealkylation sites (tertiary alicyclic amines) is 1. The van der Waals surface area contributed by atoms with E-state index < -0.39 is 0 Å². The molecule has 1 aliphatic heterocycles. The van der Waals surface area contributed by atoms with Gasteiger partial charge in [-0.3, -0.25) is 9.59 Å². The molecule has 2 rings (SSSR count). The largest absolute Gasteiger partial charge is 0.397 e. The summed E-state index contributed by atoms with van der Waals surface area (Å²) in [6.45, 7) is 0.613. The summed E-state index contributed by atoms with van der Waals surface area (Å²) in [6, 6.07) is 1.28. The molecular weight excluding hydrogens is 244 g/mol. The molecule has 3 N–H and O–H groups in total. The fourth-order valence-corrected chi connectivity index (χ4v) is 2.56. The number of nitrogen functional groups attached to an aromatic ring is 1. The van der Waals surface area contributed by atoms with Gasteiger partial charge in [-0.25, -0.2) is 0 Å². The first-order valence-corrected chi connectivity index (χ1v) is 6.49. The molecule has 1 aliphatic rings. The number of hydrogen-bond donors (Lipinski definition) is 2. The lowest BCUT2D eigenvalue weighted by atomic mass is 10.0. The maximum Gasteiger partial charge on any atom is 0.271 e. The number of hydrogen-bond acceptors (Lipinski definition) is 3. The van der Waals surface area contributed by atoms with Crippen molar-refractivity contribution >= 4 is 17.5 Å². The lowest BCUT2D eigenvalue weighted by molar-refractivity contribution is -0.126. The second kappa shape index (κ2) is 5.34. The maximum absolute atomic E-state index is 12.5. The van der Waals surface area contributed by atoms with Crippen molar-refractivity contribution in [3.8, 4) is 0 Å². The van der Waals surface area contributed by atoms with Gasteiger partial charge in [0.1, 0.15) is 11.7 Å². The van der Waals surface area contributed by atoms with Crippen LogP contribution in [0.3, 0.4) is 0 Å². The van der Waals surface area contributed by atoms with Crippen LogP contribution in [0.15, 0.2) is 12.3 Å². The van der Waals surface area contributed by atoms with Crippen molar-refractivity contribution in [2.45, 2.75) is 25.3 Å². The van der Waals surface area contributed by atoms with Crippen molar-refractivity contribution in [1.29, 1.82) is 0 Å². The van der Waals surface area contributed by atoms with Crippen LogP contribution >= 0.6 is 0 Å². The summed E-state index contributed by atoms with van der Waals surface area (Å²) in [7, 11) is 3.38. The zero-order valence-electron chi connectivity index (χ0n) is 11.3. The van der Waals surface area contributed by atoms with E-state index in [0.29, 0.717) is 24.3 Å². The fraction of sp³-hybridized carbons (Fsp3) is 0.538. The van der Waals surface area contributed by atoms with E-state index in [1.165, 1.54) is 0 Å². The third kappa shape index (κ3) is 2.57. The Morgan fingerprint density at radius 3 is 2.74 bits per heavy atom. The molecule has 0 radical (unpaired) electrons.